The van der Waals surface area contributed by atoms with Crippen LogP contribution in [-0.2, 0) is 66.4 Å². The number of ketones is 1. The van der Waals surface area contributed by atoms with Gasteiger partial charge in [0.1, 0.15) is 115 Å². The van der Waals surface area contributed by atoms with E-state index in [1.165, 1.54) is 19.6 Å². The molecule has 480 valence electrons. The van der Waals surface area contributed by atoms with Crippen LogP contribution in [0.4, 0.5) is 0 Å². The van der Waals surface area contributed by atoms with E-state index in [0.29, 0.717) is 25.7 Å². The van der Waals surface area contributed by atoms with E-state index in [1.807, 2.05) is 20.8 Å². The van der Waals surface area contributed by atoms with Gasteiger partial charge in [-0.1, -0.05) is 46.3 Å². The van der Waals surface area contributed by atoms with Gasteiger partial charge in [-0.25, -0.2) is 0 Å². The summed E-state index contributed by atoms with van der Waals surface area (Å²) in [7, 11) is 1.24. The van der Waals surface area contributed by atoms with E-state index in [4.69, 9.17) is 56.8 Å². The summed E-state index contributed by atoms with van der Waals surface area (Å²) in [6.07, 6.45) is -30.7. The smallest absolute Gasteiger partial charge is 0.313 e. The van der Waals surface area contributed by atoms with Crippen LogP contribution in [-0.4, -0.2) is 260 Å². The SMILES string of the molecule is CO[C@@H]1[C@@H](O)[C@H](O[C@@H]2[C@@H](O)[C@H](O[C@H]3[C@H](O)[C@@H](O[C@@H]4O[C@H](CO)[C@@H](O)[C@H](O)[C@H]4O)[C@H](O[C@H]4[C@H](O[C@H]5CC[C@]6(C)[C@@H]7CCC89C(=O)O[C@@](C)(CC(=O)CC(C)C)[C@H]8CC[C@H]9C7=CC[C@H]6C5(C)C)OC[C@@H](O)[C@@H]4O)O[C@@H]3C)O[C@H](CO)[C@H]2O)OC[C@H]1O. The zero-order valence-corrected chi connectivity index (χ0v) is 49.1. The van der Waals surface area contributed by atoms with Gasteiger partial charge in [0, 0.05) is 25.9 Å². The Balaban J connectivity index is 0.876. The number of aliphatic hydroxyl groups excluding tert-OH is 12. The Labute approximate surface area is 488 Å². The average molecular weight is 1210 g/mol. The molecule has 1 unspecified atom stereocenters. The number of Topliss-reactive ketones (excluding diaryl/α,β-unsaturated/α-hetero) is 1. The van der Waals surface area contributed by atoms with E-state index in [0.717, 1.165) is 25.7 Å². The second kappa shape index (κ2) is 25.0. The fourth-order valence-electron chi connectivity index (χ4n) is 16.9. The molecule has 84 heavy (non-hydrogen) atoms. The van der Waals surface area contributed by atoms with E-state index in [-0.39, 0.29) is 66.4 Å². The van der Waals surface area contributed by atoms with Crippen molar-refractivity contribution >= 4 is 11.8 Å². The minimum atomic E-state index is -2.01. The van der Waals surface area contributed by atoms with Crippen LogP contribution in [0.25, 0.3) is 0 Å². The van der Waals surface area contributed by atoms with Gasteiger partial charge in [-0.15, -0.1) is 0 Å². The molecule has 9 fully saturated rings. The first-order valence-electron chi connectivity index (χ1n) is 30.1. The number of allylic oxidation sites excluding steroid dienone is 2. The Morgan fingerprint density at radius 2 is 1.21 bits per heavy atom. The Kier molecular flexibility index (Phi) is 19.3. The number of hydrogen-bond acceptors (Lipinski definition) is 26. The maximum Gasteiger partial charge on any atom is 0.313 e. The summed E-state index contributed by atoms with van der Waals surface area (Å²) in [5, 5.41) is 133. The van der Waals surface area contributed by atoms with Crippen molar-refractivity contribution in [1.82, 2.24) is 0 Å². The number of aliphatic hydroxyl groups is 12. The largest absolute Gasteiger partial charge is 0.458 e. The molecule has 0 amide bonds. The third kappa shape index (κ3) is 11.3. The summed E-state index contributed by atoms with van der Waals surface area (Å²) in [4.78, 5) is 27.5. The lowest BCUT2D eigenvalue weighted by atomic mass is 9.43. The number of cyclic esters (lactones) is 1. The van der Waals surface area contributed by atoms with Crippen LogP contribution in [0.3, 0.4) is 0 Å². The third-order valence-electron chi connectivity index (χ3n) is 21.1. The molecule has 0 radical (unpaired) electrons. The molecule has 10 rings (SSSR count). The molecular formula is C58H92O26. The molecule has 0 bridgehead atoms. The summed E-state index contributed by atoms with van der Waals surface area (Å²) in [6, 6.07) is 0. The molecule has 4 aliphatic carbocycles. The first-order chi connectivity index (χ1) is 39.6. The fraction of sp³-hybridized carbons (Fsp3) is 0.931. The molecule has 26 heteroatoms. The first kappa shape index (κ1) is 64.9. The number of carbonyl (C=O) groups excluding carboxylic acids is 2. The van der Waals surface area contributed by atoms with Crippen LogP contribution in [0.2, 0.25) is 0 Å². The highest BCUT2D eigenvalue weighted by molar-refractivity contribution is 5.85. The minimum absolute atomic E-state index is 0.0113. The van der Waals surface area contributed by atoms with Gasteiger partial charge in [-0.05, 0) is 93.3 Å². The van der Waals surface area contributed by atoms with Gasteiger partial charge in [0.2, 0.25) is 0 Å². The third-order valence-corrected chi connectivity index (χ3v) is 21.1. The van der Waals surface area contributed by atoms with E-state index in [2.05, 4.69) is 26.8 Å². The molecule has 6 heterocycles. The first-order valence-corrected chi connectivity index (χ1v) is 30.1. The summed E-state index contributed by atoms with van der Waals surface area (Å²) in [6.45, 7) is 11.6. The molecule has 10 aliphatic rings. The number of hydrogen-bond donors (Lipinski definition) is 12. The molecule has 12 N–H and O–H groups in total. The van der Waals surface area contributed by atoms with Gasteiger partial charge in [0.15, 0.2) is 31.5 Å². The van der Waals surface area contributed by atoms with Crippen molar-refractivity contribution in [3.8, 4) is 0 Å². The zero-order chi connectivity index (χ0) is 60.9. The Morgan fingerprint density at radius 1 is 0.607 bits per heavy atom. The van der Waals surface area contributed by atoms with Crippen molar-refractivity contribution in [2.24, 2.45) is 45.8 Å². The van der Waals surface area contributed by atoms with Crippen molar-refractivity contribution < 1.29 is 128 Å². The number of rotatable bonds is 17. The van der Waals surface area contributed by atoms with Crippen LogP contribution in [0.5, 0.6) is 0 Å². The van der Waals surface area contributed by atoms with Crippen molar-refractivity contribution in [2.45, 2.75) is 259 Å². The maximum atomic E-state index is 14.3. The van der Waals surface area contributed by atoms with Crippen LogP contribution in [0, 0.1) is 45.8 Å². The lowest BCUT2D eigenvalue weighted by Crippen LogP contribution is -2.68. The van der Waals surface area contributed by atoms with Crippen LogP contribution >= 0.6 is 0 Å². The van der Waals surface area contributed by atoms with Crippen LogP contribution < -0.4 is 0 Å². The van der Waals surface area contributed by atoms with Crippen molar-refractivity contribution in [3.05, 3.63) is 11.6 Å². The van der Waals surface area contributed by atoms with E-state index in [9.17, 15) is 70.9 Å². The lowest BCUT2D eigenvalue weighted by Gasteiger charge is -2.62. The van der Waals surface area contributed by atoms with Crippen LogP contribution in [0.1, 0.15) is 106 Å². The number of methoxy groups -OCH3 is 1. The van der Waals surface area contributed by atoms with Crippen molar-refractivity contribution in [2.75, 3.05) is 33.5 Å². The number of esters is 1. The lowest BCUT2D eigenvalue weighted by molar-refractivity contribution is -0.405. The predicted molar refractivity (Wildman–Crippen MR) is 283 cm³/mol. The molecule has 26 nitrogen and oxygen atoms in total. The Morgan fingerprint density at radius 3 is 1.89 bits per heavy atom. The van der Waals surface area contributed by atoms with Gasteiger partial charge in [0.05, 0.1) is 44.1 Å². The van der Waals surface area contributed by atoms with Gasteiger partial charge in [0.25, 0.3) is 0 Å². The van der Waals surface area contributed by atoms with E-state index in [1.54, 1.807) is 0 Å². The quantitative estimate of drug-likeness (QED) is 0.0551. The van der Waals surface area contributed by atoms with Gasteiger partial charge >= 0.3 is 5.97 Å². The molecule has 0 aromatic carbocycles. The summed E-state index contributed by atoms with van der Waals surface area (Å²) >= 11 is 0. The fourth-order valence-corrected chi connectivity index (χ4v) is 16.9. The monoisotopic (exact) mass is 1200 g/mol. The topological polar surface area (TPSA) is 388 Å². The number of carbonyl (C=O) groups is 2. The van der Waals surface area contributed by atoms with Gasteiger partial charge < -0.3 is 118 Å². The van der Waals surface area contributed by atoms with Crippen molar-refractivity contribution in [1.29, 1.82) is 0 Å². The predicted octanol–water partition coefficient (Wildman–Crippen LogP) is -2.06. The highest BCUT2D eigenvalue weighted by atomic mass is 16.8. The molecule has 1 spiro atoms. The number of ether oxygens (including phenoxy) is 12. The zero-order valence-electron chi connectivity index (χ0n) is 49.1. The molecule has 3 saturated carbocycles. The second-order valence-electron chi connectivity index (χ2n) is 27.0. The summed E-state index contributed by atoms with van der Waals surface area (Å²) in [5.41, 5.74) is -0.970. The van der Waals surface area contributed by atoms with E-state index < -0.39 is 177 Å². The molecule has 31 atom stereocenters. The molecule has 6 aliphatic heterocycles. The standard InChI is InChI=1S/C58H92O26/c1-23(2)17-25(61)18-57(7)34-12-10-28-26-9-11-33-55(4,5)35(14-15-56(33,6)27(26)13-16-58(28,34)54(72)84-57)79-52-47(36(64)29(62)21-75-52)83-53-48(82-50-40(68)39(67)37(65)31(19-59)77-50)41(69)44(24(3)76-53)80-51-43(71)46(38(66)32(20-60)78-51)81-49-42(70)45(73-8)30(63)22-74-49/h9,23-24,27-53,59-60,62-71H,10-22H2,1-8H3/t24-,27-,28+,29-,30-,31-,32-,33+,34-,35+,36+,37-,38-,39+,40-,41+,42-,43-,44-,45+,46+,47-,48-,49+,50+,51+,52+,53+,56-,57+,58?/m1/s1. The number of fused-ring (bicyclic) bond motifs is 4. The summed E-state index contributed by atoms with van der Waals surface area (Å²) < 4.78 is 72.7. The van der Waals surface area contributed by atoms with Crippen molar-refractivity contribution in [3.63, 3.8) is 0 Å². The van der Waals surface area contributed by atoms with E-state index >= 15 is 0 Å². The molecular weight excluding hydrogens is 1110 g/mol. The molecule has 0 aromatic rings. The average Bonchev–Trinajstić information content (AvgIpc) is 1.57. The second-order valence-corrected chi connectivity index (χ2v) is 27.0. The highest BCUT2D eigenvalue weighted by Gasteiger charge is 2.72. The van der Waals surface area contributed by atoms with Gasteiger partial charge in [-0.3, -0.25) is 9.59 Å². The Hall–Kier alpha value is -2.04. The molecule has 0 aromatic heterocycles. The normalized spacial score (nSPS) is 52.0. The van der Waals surface area contributed by atoms with Crippen LogP contribution in [0.15, 0.2) is 11.6 Å². The highest BCUT2D eigenvalue weighted by Crippen LogP contribution is 2.72. The van der Waals surface area contributed by atoms with Gasteiger partial charge in [-0.2, -0.15) is 0 Å². The summed E-state index contributed by atoms with van der Waals surface area (Å²) in [5.74, 6) is 0.334. The Bertz CT molecular complexity index is 2330. The minimum Gasteiger partial charge on any atom is -0.458 e. The molecule has 6 saturated heterocycles. The maximum absolute atomic E-state index is 14.3.